The molecule has 2 N–H and O–H groups in total. The normalized spacial score (nSPS) is 11.4. The summed E-state index contributed by atoms with van der Waals surface area (Å²) in [6.07, 6.45) is 4.34. The van der Waals surface area contributed by atoms with Crippen LogP contribution in [-0.4, -0.2) is 24.9 Å². The summed E-state index contributed by atoms with van der Waals surface area (Å²) in [5, 5.41) is 5.10. The quantitative estimate of drug-likeness (QED) is 0.526. The topological polar surface area (TPSA) is 31.6 Å². The van der Waals surface area contributed by atoms with Crippen molar-refractivity contribution in [2.45, 2.75) is 10.6 Å². The first-order valence-electron chi connectivity index (χ1n) is 7.09. The zero-order chi connectivity index (χ0) is 14.1. The van der Waals surface area contributed by atoms with Crippen molar-refractivity contribution in [3.8, 4) is 0 Å². The van der Waals surface area contributed by atoms with Gasteiger partial charge in [-0.05, 0) is 0 Å². The SMILES string of the molecule is c1ccc2c(C[Se]Cc3c[nH]c4ccccc34)c[nH]c2c1. The monoisotopic (exact) mass is 340 g/mol. The van der Waals surface area contributed by atoms with Crippen LogP contribution in [-0.2, 0) is 10.6 Å². The summed E-state index contributed by atoms with van der Waals surface area (Å²) in [6, 6.07) is 17.1. The molecule has 0 amide bonds. The van der Waals surface area contributed by atoms with Crippen molar-refractivity contribution >= 4 is 36.8 Å². The molecule has 0 spiro atoms. The predicted octanol–water partition coefficient (Wildman–Crippen LogP) is 4.05. The van der Waals surface area contributed by atoms with Gasteiger partial charge >= 0.3 is 129 Å². The van der Waals surface area contributed by atoms with Crippen molar-refractivity contribution in [1.29, 1.82) is 0 Å². The Morgan fingerprint density at radius 3 is 1.67 bits per heavy atom. The number of benzene rings is 2. The van der Waals surface area contributed by atoms with Crippen molar-refractivity contribution in [3.63, 3.8) is 0 Å². The summed E-state index contributed by atoms with van der Waals surface area (Å²) in [4.78, 5) is 6.73. The Bertz CT molecular complexity index is 814. The molecule has 2 heterocycles. The number of aromatic nitrogens is 2. The van der Waals surface area contributed by atoms with Gasteiger partial charge in [-0.1, -0.05) is 0 Å². The van der Waals surface area contributed by atoms with E-state index in [1.165, 1.54) is 43.6 Å². The molecule has 0 atom stereocenters. The van der Waals surface area contributed by atoms with Gasteiger partial charge < -0.3 is 0 Å². The van der Waals surface area contributed by atoms with Gasteiger partial charge in [0, 0.05) is 0 Å². The molecule has 0 aliphatic heterocycles. The first-order chi connectivity index (χ1) is 10.4. The Labute approximate surface area is 129 Å². The maximum absolute atomic E-state index is 3.37. The van der Waals surface area contributed by atoms with Crippen molar-refractivity contribution in [2.24, 2.45) is 0 Å². The second-order valence-corrected chi connectivity index (χ2v) is 7.28. The number of para-hydroxylation sites is 2. The van der Waals surface area contributed by atoms with Gasteiger partial charge in [-0.3, -0.25) is 0 Å². The Balaban J connectivity index is 1.50. The Morgan fingerprint density at radius 2 is 1.14 bits per heavy atom. The van der Waals surface area contributed by atoms with Gasteiger partial charge in [-0.25, -0.2) is 0 Å². The summed E-state index contributed by atoms with van der Waals surface area (Å²) >= 11 is 0.579. The molecule has 104 valence electrons. The summed E-state index contributed by atoms with van der Waals surface area (Å²) in [5.74, 6) is 0. The molecule has 0 unspecified atom stereocenters. The molecule has 4 aromatic rings. The second-order valence-electron chi connectivity index (χ2n) is 5.21. The molecule has 0 saturated heterocycles. The fraction of sp³-hybridized carbons (Fsp3) is 0.111. The van der Waals surface area contributed by atoms with Gasteiger partial charge in [-0.15, -0.1) is 0 Å². The third-order valence-electron chi connectivity index (χ3n) is 3.86. The third kappa shape index (κ3) is 2.39. The Morgan fingerprint density at radius 1 is 0.667 bits per heavy atom. The van der Waals surface area contributed by atoms with Crippen LogP contribution in [0.1, 0.15) is 11.1 Å². The van der Waals surface area contributed by atoms with Gasteiger partial charge in [0.2, 0.25) is 0 Å². The molecule has 0 aliphatic rings. The Hall–Kier alpha value is -1.96. The van der Waals surface area contributed by atoms with Crippen LogP contribution in [0.4, 0.5) is 0 Å². The van der Waals surface area contributed by atoms with Crippen LogP contribution in [0, 0.1) is 0 Å². The number of nitrogens with one attached hydrogen (secondary N) is 2. The average Bonchev–Trinajstić information content (AvgIpc) is 3.13. The number of hydrogen-bond donors (Lipinski definition) is 2. The van der Waals surface area contributed by atoms with E-state index in [2.05, 4.69) is 70.9 Å². The molecular formula is C18H16N2Se. The van der Waals surface area contributed by atoms with Crippen LogP contribution in [0.15, 0.2) is 60.9 Å². The molecule has 21 heavy (non-hydrogen) atoms. The van der Waals surface area contributed by atoms with Crippen molar-refractivity contribution in [2.75, 3.05) is 0 Å². The minimum absolute atomic E-state index is 0.579. The van der Waals surface area contributed by atoms with E-state index in [-0.39, 0.29) is 0 Å². The fourth-order valence-electron chi connectivity index (χ4n) is 2.77. The van der Waals surface area contributed by atoms with Crippen LogP contribution in [0.3, 0.4) is 0 Å². The fourth-order valence-corrected chi connectivity index (χ4v) is 4.91. The molecule has 4 rings (SSSR count). The number of H-pyrrole nitrogens is 2. The van der Waals surface area contributed by atoms with Gasteiger partial charge in [0.1, 0.15) is 0 Å². The standard InChI is InChI=1S/C18H16N2Se/c1-3-7-17-15(5-1)13(9-19-17)11-21-12-14-10-20-18-8-4-2-6-16(14)18/h1-10,19-20H,11-12H2. The number of fused-ring (bicyclic) bond motifs is 2. The van der Waals surface area contributed by atoms with E-state index in [0.717, 1.165) is 0 Å². The van der Waals surface area contributed by atoms with Crippen molar-refractivity contribution in [3.05, 3.63) is 72.1 Å². The van der Waals surface area contributed by atoms with Gasteiger partial charge in [0.05, 0.1) is 0 Å². The number of rotatable bonds is 4. The third-order valence-corrected chi connectivity index (χ3v) is 6.03. The second kappa shape index (κ2) is 5.44. The van der Waals surface area contributed by atoms with Gasteiger partial charge in [-0.2, -0.15) is 0 Å². The number of hydrogen-bond acceptors (Lipinski definition) is 0. The van der Waals surface area contributed by atoms with Crippen molar-refractivity contribution in [1.82, 2.24) is 9.97 Å². The zero-order valence-corrected chi connectivity index (χ0v) is 13.3. The summed E-state index contributed by atoms with van der Waals surface area (Å²) in [6.45, 7) is 0. The Kier molecular flexibility index (Phi) is 3.30. The van der Waals surface area contributed by atoms with Crippen LogP contribution in [0.25, 0.3) is 21.8 Å². The number of aromatic amines is 2. The minimum atomic E-state index is 0.579. The first kappa shape index (κ1) is 12.8. The summed E-state index contributed by atoms with van der Waals surface area (Å²) in [5.41, 5.74) is 5.39. The van der Waals surface area contributed by atoms with E-state index < -0.39 is 0 Å². The first-order valence-corrected chi connectivity index (χ1v) is 9.52. The van der Waals surface area contributed by atoms with Crippen LogP contribution in [0.2, 0.25) is 0 Å². The molecule has 2 nitrogen and oxygen atoms in total. The van der Waals surface area contributed by atoms with Crippen molar-refractivity contribution < 1.29 is 0 Å². The zero-order valence-electron chi connectivity index (χ0n) is 11.6. The van der Waals surface area contributed by atoms with E-state index in [9.17, 15) is 0 Å². The molecule has 0 saturated carbocycles. The molecule has 0 radical (unpaired) electrons. The predicted molar refractivity (Wildman–Crippen MR) is 89.8 cm³/mol. The molecule has 0 bridgehead atoms. The average molecular weight is 339 g/mol. The van der Waals surface area contributed by atoms with Crippen LogP contribution >= 0.6 is 0 Å². The van der Waals surface area contributed by atoms with E-state index >= 15 is 0 Å². The molecular weight excluding hydrogens is 323 g/mol. The molecule has 2 aromatic carbocycles. The molecule has 3 heteroatoms. The maximum atomic E-state index is 3.37. The van der Waals surface area contributed by atoms with E-state index in [1.807, 2.05) is 0 Å². The van der Waals surface area contributed by atoms with E-state index in [4.69, 9.17) is 0 Å². The summed E-state index contributed by atoms with van der Waals surface area (Å²) < 4.78 is 0. The molecule has 0 aliphatic carbocycles. The molecule has 0 fully saturated rings. The van der Waals surface area contributed by atoms with Gasteiger partial charge in [0.25, 0.3) is 0 Å². The van der Waals surface area contributed by atoms with Gasteiger partial charge in [0.15, 0.2) is 0 Å². The van der Waals surface area contributed by atoms with E-state index in [1.54, 1.807) is 0 Å². The summed E-state index contributed by atoms with van der Waals surface area (Å²) in [7, 11) is 0. The van der Waals surface area contributed by atoms with Crippen LogP contribution in [0.5, 0.6) is 0 Å². The van der Waals surface area contributed by atoms with E-state index in [0.29, 0.717) is 15.0 Å². The molecule has 2 aromatic heterocycles. The van der Waals surface area contributed by atoms with Crippen LogP contribution < -0.4 is 0 Å².